The predicted octanol–water partition coefficient (Wildman–Crippen LogP) is 3.71. The minimum atomic E-state index is 0.491. The first-order valence-corrected chi connectivity index (χ1v) is 8.34. The number of allylic oxidation sites excluding steroid dienone is 1. The molecule has 0 radical (unpaired) electrons. The van der Waals surface area contributed by atoms with Crippen molar-refractivity contribution in [3.05, 3.63) is 54.9 Å². The number of unbranched alkanes of at least 4 members (excludes halogenated alkanes) is 1. The maximum atomic E-state index is 5.56. The SMILES string of the molecule is C=CCCCN(C)C(=NCc1coc(-c2ccccc2)n1)NCC. The molecule has 24 heavy (non-hydrogen) atoms. The molecular formula is C19H26N4O. The second kappa shape index (κ2) is 9.55. The number of aromatic nitrogens is 1. The van der Waals surface area contributed by atoms with Gasteiger partial charge in [-0.05, 0) is 31.9 Å². The average molecular weight is 326 g/mol. The van der Waals surface area contributed by atoms with Crippen LogP contribution < -0.4 is 5.32 Å². The van der Waals surface area contributed by atoms with Crippen LogP contribution >= 0.6 is 0 Å². The molecule has 1 aromatic heterocycles. The molecule has 0 saturated carbocycles. The maximum Gasteiger partial charge on any atom is 0.226 e. The fraction of sp³-hybridized carbons (Fsp3) is 0.368. The Kier molecular flexibility index (Phi) is 7.08. The minimum Gasteiger partial charge on any atom is -0.444 e. The maximum absolute atomic E-state index is 5.56. The molecule has 128 valence electrons. The Morgan fingerprint density at radius 1 is 1.38 bits per heavy atom. The van der Waals surface area contributed by atoms with Crippen molar-refractivity contribution in [3.63, 3.8) is 0 Å². The predicted molar refractivity (Wildman–Crippen MR) is 98.8 cm³/mol. The zero-order valence-corrected chi connectivity index (χ0v) is 14.5. The molecule has 0 unspecified atom stereocenters. The van der Waals surface area contributed by atoms with Crippen LogP contribution in [0.4, 0.5) is 0 Å². The fourth-order valence-corrected chi connectivity index (χ4v) is 2.30. The third-order valence-electron chi connectivity index (χ3n) is 3.56. The number of nitrogens with zero attached hydrogens (tertiary/aromatic N) is 3. The number of oxazole rings is 1. The molecule has 0 aliphatic carbocycles. The van der Waals surface area contributed by atoms with Crippen LogP contribution in [0.15, 0.2) is 58.7 Å². The lowest BCUT2D eigenvalue weighted by molar-refractivity contribution is 0.470. The third-order valence-corrected chi connectivity index (χ3v) is 3.56. The van der Waals surface area contributed by atoms with Crippen LogP contribution in [-0.4, -0.2) is 36.0 Å². The molecule has 5 heteroatoms. The molecule has 0 spiro atoms. The van der Waals surface area contributed by atoms with Gasteiger partial charge >= 0.3 is 0 Å². The Balaban J connectivity index is 2.00. The summed E-state index contributed by atoms with van der Waals surface area (Å²) < 4.78 is 5.56. The van der Waals surface area contributed by atoms with Crippen molar-refractivity contribution in [1.29, 1.82) is 0 Å². The molecular weight excluding hydrogens is 300 g/mol. The molecule has 0 aliphatic rings. The normalized spacial score (nSPS) is 11.3. The highest BCUT2D eigenvalue weighted by atomic mass is 16.3. The lowest BCUT2D eigenvalue weighted by Crippen LogP contribution is -2.39. The highest BCUT2D eigenvalue weighted by molar-refractivity contribution is 5.79. The number of benzene rings is 1. The molecule has 2 aromatic rings. The molecule has 1 heterocycles. The smallest absolute Gasteiger partial charge is 0.226 e. The van der Waals surface area contributed by atoms with Crippen LogP contribution in [0.5, 0.6) is 0 Å². The summed E-state index contributed by atoms with van der Waals surface area (Å²) in [5.74, 6) is 1.51. The number of guanidine groups is 1. The molecule has 0 aliphatic heterocycles. The van der Waals surface area contributed by atoms with Gasteiger partial charge in [0.2, 0.25) is 5.89 Å². The summed E-state index contributed by atoms with van der Waals surface area (Å²) in [4.78, 5) is 11.3. The van der Waals surface area contributed by atoms with Gasteiger partial charge in [0.1, 0.15) is 12.0 Å². The van der Waals surface area contributed by atoms with Crippen molar-refractivity contribution in [1.82, 2.24) is 15.2 Å². The van der Waals surface area contributed by atoms with Crippen LogP contribution in [0.2, 0.25) is 0 Å². The van der Waals surface area contributed by atoms with E-state index in [1.54, 1.807) is 6.26 Å². The summed E-state index contributed by atoms with van der Waals surface area (Å²) in [5, 5.41) is 3.31. The van der Waals surface area contributed by atoms with Gasteiger partial charge in [-0.15, -0.1) is 6.58 Å². The highest BCUT2D eigenvalue weighted by Gasteiger charge is 2.08. The first-order valence-electron chi connectivity index (χ1n) is 8.34. The first-order chi connectivity index (χ1) is 11.7. The van der Waals surface area contributed by atoms with E-state index in [9.17, 15) is 0 Å². The van der Waals surface area contributed by atoms with Crippen LogP contribution in [-0.2, 0) is 6.54 Å². The van der Waals surface area contributed by atoms with Gasteiger partial charge in [-0.25, -0.2) is 9.98 Å². The summed E-state index contributed by atoms with van der Waals surface area (Å²) in [6.45, 7) is 8.08. The van der Waals surface area contributed by atoms with E-state index in [0.717, 1.165) is 43.1 Å². The zero-order chi connectivity index (χ0) is 17.2. The summed E-state index contributed by atoms with van der Waals surface area (Å²) in [6.07, 6.45) is 5.69. The van der Waals surface area contributed by atoms with Crippen LogP contribution in [0.25, 0.3) is 11.5 Å². The lowest BCUT2D eigenvalue weighted by Gasteiger charge is -2.21. The number of hydrogen-bond donors (Lipinski definition) is 1. The van der Waals surface area contributed by atoms with Crippen molar-refractivity contribution in [2.75, 3.05) is 20.1 Å². The second-order valence-electron chi connectivity index (χ2n) is 5.53. The van der Waals surface area contributed by atoms with E-state index in [1.165, 1.54) is 0 Å². The van der Waals surface area contributed by atoms with E-state index in [1.807, 2.05) is 43.5 Å². The quantitative estimate of drug-likeness (QED) is 0.348. The van der Waals surface area contributed by atoms with Crippen LogP contribution in [0.1, 0.15) is 25.5 Å². The standard InChI is InChI=1S/C19H26N4O/c1-4-6-10-13-23(3)19(20-5-2)21-14-17-15-24-18(22-17)16-11-8-7-9-12-16/h4,7-9,11-12,15H,1,5-6,10,13-14H2,2-3H3,(H,20,21). The van der Waals surface area contributed by atoms with Crippen molar-refractivity contribution >= 4 is 5.96 Å². The number of hydrogen-bond acceptors (Lipinski definition) is 3. The van der Waals surface area contributed by atoms with Gasteiger partial charge in [0.15, 0.2) is 5.96 Å². The Labute approximate surface area is 144 Å². The lowest BCUT2D eigenvalue weighted by atomic mass is 10.2. The third kappa shape index (κ3) is 5.26. The first kappa shape index (κ1) is 17.8. The Morgan fingerprint density at radius 3 is 2.88 bits per heavy atom. The number of aliphatic imine (C=N–C) groups is 1. The van der Waals surface area contributed by atoms with E-state index in [-0.39, 0.29) is 0 Å². The molecule has 1 aromatic carbocycles. The number of rotatable bonds is 8. The van der Waals surface area contributed by atoms with Crippen molar-refractivity contribution in [2.45, 2.75) is 26.3 Å². The molecule has 0 amide bonds. The summed E-state index contributed by atoms with van der Waals surface area (Å²) in [7, 11) is 2.04. The Morgan fingerprint density at radius 2 is 2.17 bits per heavy atom. The van der Waals surface area contributed by atoms with Crippen molar-refractivity contribution < 1.29 is 4.42 Å². The summed E-state index contributed by atoms with van der Waals surface area (Å²) >= 11 is 0. The number of nitrogens with one attached hydrogen (secondary N) is 1. The molecule has 2 rings (SSSR count). The van der Waals surface area contributed by atoms with Crippen molar-refractivity contribution in [2.24, 2.45) is 4.99 Å². The molecule has 0 atom stereocenters. The van der Waals surface area contributed by atoms with Crippen LogP contribution in [0, 0.1) is 0 Å². The minimum absolute atomic E-state index is 0.491. The average Bonchev–Trinajstić information content (AvgIpc) is 3.08. The van der Waals surface area contributed by atoms with E-state index < -0.39 is 0 Å². The summed E-state index contributed by atoms with van der Waals surface area (Å²) in [5.41, 5.74) is 1.80. The Hall–Kier alpha value is -2.56. The van der Waals surface area contributed by atoms with Gasteiger partial charge < -0.3 is 14.6 Å². The van der Waals surface area contributed by atoms with E-state index in [2.05, 4.69) is 33.7 Å². The Bertz CT molecular complexity index is 648. The van der Waals surface area contributed by atoms with Gasteiger partial charge in [0.25, 0.3) is 0 Å². The molecule has 1 N–H and O–H groups in total. The molecule has 5 nitrogen and oxygen atoms in total. The van der Waals surface area contributed by atoms with Gasteiger partial charge in [-0.2, -0.15) is 0 Å². The van der Waals surface area contributed by atoms with E-state index >= 15 is 0 Å². The fourth-order valence-electron chi connectivity index (χ4n) is 2.30. The van der Waals surface area contributed by atoms with E-state index in [4.69, 9.17) is 4.42 Å². The zero-order valence-electron chi connectivity index (χ0n) is 14.5. The summed E-state index contributed by atoms with van der Waals surface area (Å²) in [6, 6.07) is 9.88. The van der Waals surface area contributed by atoms with Crippen molar-refractivity contribution in [3.8, 4) is 11.5 Å². The molecule has 0 fully saturated rings. The monoisotopic (exact) mass is 326 g/mol. The van der Waals surface area contributed by atoms with Crippen LogP contribution in [0.3, 0.4) is 0 Å². The van der Waals surface area contributed by atoms with Gasteiger partial charge in [-0.3, -0.25) is 0 Å². The van der Waals surface area contributed by atoms with Gasteiger partial charge in [0, 0.05) is 25.7 Å². The second-order valence-corrected chi connectivity index (χ2v) is 5.53. The topological polar surface area (TPSA) is 53.7 Å². The highest BCUT2D eigenvalue weighted by Crippen LogP contribution is 2.18. The van der Waals surface area contributed by atoms with E-state index in [0.29, 0.717) is 12.4 Å². The molecule has 0 saturated heterocycles. The van der Waals surface area contributed by atoms with Gasteiger partial charge in [-0.1, -0.05) is 24.3 Å². The van der Waals surface area contributed by atoms with Gasteiger partial charge in [0.05, 0.1) is 6.54 Å². The molecule has 0 bridgehead atoms. The largest absolute Gasteiger partial charge is 0.444 e.